The fourth-order valence-corrected chi connectivity index (χ4v) is 3.48. The van der Waals surface area contributed by atoms with Crippen LogP contribution in [0.25, 0.3) is 0 Å². The summed E-state index contributed by atoms with van der Waals surface area (Å²) in [7, 11) is -4.98. The third-order valence-electron chi connectivity index (χ3n) is 3.35. The number of carboxylic acid groups (broad SMARTS) is 2. The van der Waals surface area contributed by atoms with Crippen molar-refractivity contribution in [1.82, 2.24) is 0 Å². The normalized spacial score (nSPS) is 10.6. The maximum atomic E-state index is 11.8. The molecule has 0 saturated heterocycles. The number of rotatable bonds is 9. The van der Waals surface area contributed by atoms with E-state index in [4.69, 9.17) is 10.2 Å². The van der Waals surface area contributed by atoms with E-state index >= 15 is 0 Å². The van der Waals surface area contributed by atoms with Crippen LogP contribution in [-0.4, -0.2) is 48.3 Å². The number of carboxylic acids is 2. The SMILES string of the molecule is O=C([O-])c1cc(C(=O)[O-])c(CCCO)c(S(=O)(=O)O)c1CCCO.[Na+].[Na+]. The molecule has 0 aliphatic carbocycles. The van der Waals surface area contributed by atoms with Crippen molar-refractivity contribution in [3.63, 3.8) is 0 Å². The van der Waals surface area contributed by atoms with Gasteiger partial charge in [0.05, 0.1) is 11.9 Å². The van der Waals surface area contributed by atoms with Crippen LogP contribution in [-0.2, 0) is 23.0 Å². The minimum atomic E-state index is -4.98. The molecule has 134 valence electrons. The number of aliphatic hydroxyl groups is 2. The van der Waals surface area contributed by atoms with Gasteiger partial charge in [0.2, 0.25) is 0 Å². The van der Waals surface area contributed by atoms with Crippen LogP contribution in [0.3, 0.4) is 0 Å². The van der Waals surface area contributed by atoms with Gasteiger partial charge < -0.3 is 30.0 Å². The van der Waals surface area contributed by atoms with E-state index in [2.05, 4.69) is 0 Å². The standard InChI is InChI=1S/C14H18O9S.2Na/c15-5-1-3-8-10(13(17)18)7-11(14(19)20)9(4-2-6-16)12(8)24(21,22)23;;/h7,15-16H,1-6H2,(H,17,18)(H,19,20)(H,21,22,23);;/q;2*+1/p-2. The molecule has 26 heavy (non-hydrogen) atoms. The molecule has 0 atom stereocenters. The van der Waals surface area contributed by atoms with Gasteiger partial charge in [0.15, 0.2) is 0 Å². The van der Waals surface area contributed by atoms with E-state index in [1.54, 1.807) is 0 Å². The third-order valence-corrected chi connectivity index (χ3v) is 4.36. The number of aliphatic hydroxyl groups excluding tert-OH is 2. The Hall–Kier alpha value is -0.01000. The summed E-state index contributed by atoms with van der Waals surface area (Å²) in [6, 6.07) is 0.707. The van der Waals surface area contributed by atoms with Crippen LogP contribution >= 0.6 is 0 Å². The van der Waals surface area contributed by atoms with E-state index in [-0.39, 0.29) is 109 Å². The van der Waals surface area contributed by atoms with Crippen molar-refractivity contribution < 1.29 is 102 Å². The zero-order valence-electron chi connectivity index (χ0n) is 14.5. The molecule has 0 unspecified atom stereocenters. The first-order valence-corrected chi connectivity index (χ1v) is 8.39. The Morgan fingerprint density at radius 2 is 1.23 bits per heavy atom. The van der Waals surface area contributed by atoms with Crippen molar-refractivity contribution in [2.75, 3.05) is 13.2 Å². The number of carbonyl (C=O) groups is 2. The second-order valence-electron chi connectivity index (χ2n) is 4.96. The third kappa shape index (κ3) is 7.19. The molecule has 3 N–H and O–H groups in total. The molecule has 1 rings (SSSR count). The maximum Gasteiger partial charge on any atom is 1.00 e. The van der Waals surface area contributed by atoms with Crippen molar-refractivity contribution >= 4 is 22.1 Å². The Morgan fingerprint density at radius 3 is 1.46 bits per heavy atom. The largest absolute Gasteiger partial charge is 1.00 e. The number of benzene rings is 1. The fourth-order valence-electron chi connectivity index (χ4n) is 2.43. The molecular weight excluding hydrogens is 390 g/mol. The van der Waals surface area contributed by atoms with Gasteiger partial charge in [-0.15, -0.1) is 0 Å². The van der Waals surface area contributed by atoms with Crippen LogP contribution in [0.15, 0.2) is 11.0 Å². The Morgan fingerprint density at radius 1 is 0.885 bits per heavy atom. The molecule has 0 saturated carbocycles. The molecule has 0 aliphatic rings. The van der Waals surface area contributed by atoms with E-state index in [0.717, 1.165) is 0 Å². The van der Waals surface area contributed by atoms with Crippen LogP contribution in [0.4, 0.5) is 0 Å². The predicted octanol–water partition coefficient (Wildman–Crippen LogP) is -8.48. The van der Waals surface area contributed by atoms with E-state index in [9.17, 15) is 32.8 Å². The summed E-state index contributed by atoms with van der Waals surface area (Å²) >= 11 is 0. The number of hydrogen-bond acceptors (Lipinski definition) is 8. The van der Waals surface area contributed by atoms with Crippen LogP contribution in [0.2, 0.25) is 0 Å². The van der Waals surface area contributed by atoms with E-state index < -0.39 is 38.1 Å². The quantitative estimate of drug-likeness (QED) is 0.266. The number of hydrogen-bond donors (Lipinski definition) is 3. The van der Waals surface area contributed by atoms with Crippen molar-refractivity contribution in [3.8, 4) is 0 Å². The zero-order valence-corrected chi connectivity index (χ0v) is 19.3. The Labute approximate surface area is 194 Å². The fraction of sp³-hybridized carbons (Fsp3) is 0.429. The molecule has 1 aromatic rings. The molecular formula is C14H16Na2O9S. The molecule has 0 fully saturated rings. The van der Waals surface area contributed by atoms with Gasteiger partial charge in [-0.1, -0.05) is 0 Å². The minimum Gasteiger partial charge on any atom is -0.545 e. The number of aromatic carboxylic acids is 2. The first-order chi connectivity index (χ1) is 11.1. The Balaban J connectivity index is 0. The van der Waals surface area contributed by atoms with Crippen LogP contribution < -0.4 is 69.3 Å². The van der Waals surface area contributed by atoms with Crippen molar-refractivity contribution in [2.24, 2.45) is 0 Å². The van der Waals surface area contributed by atoms with Crippen molar-refractivity contribution in [1.29, 1.82) is 0 Å². The minimum absolute atomic E-state index is 0. The molecule has 0 bridgehead atoms. The molecule has 9 nitrogen and oxygen atoms in total. The monoisotopic (exact) mass is 406 g/mol. The zero-order chi connectivity index (χ0) is 18.5. The molecule has 0 radical (unpaired) electrons. The van der Waals surface area contributed by atoms with Crippen molar-refractivity contribution in [2.45, 2.75) is 30.6 Å². The van der Waals surface area contributed by atoms with Gasteiger partial charge in [-0.3, -0.25) is 4.55 Å². The van der Waals surface area contributed by atoms with E-state index in [0.29, 0.717) is 6.07 Å². The topological polar surface area (TPSA) is 175 Å². The summed E-state index contributed by atoms with van der Waals surface area (Å²) in [5, 5.41) is 40.3. The van der Waals surface area contributed by atoms with Gasteiger partial charge in [0, 0.05) is 24.3 Å². The Bertz CT molecular complexity index is 703. The van der Waals surface area contributed by atoms with Crippen LogP contribution in [0, 0.1) is 0 Å². The molecule has 0 heterocycles. The second kappa shape index (κ2) is 12.4. The van der Waals surface area contributed by atoms with E-state index in [1.165, 1.54) is 0 Å². The average Bonchev–Trinajstić information content (AvgIpc) is 2.48. The summed E-state index contributed by atoms with van der Waals surface area (Å²) in [5.74, 6) is -3.66. The van der Waals surface area contributed by atoms with Gasteiger partial charge in [-0.05, 0) is 42.9 Å². The van der Waals surface area contributed by atoms with Gasteiger partial charge in [-0.2, -0.15) is 8.42 Å². The summed E-state index contributed by atoms with van der Waals surface area (Å²) < 4.78 is 33.0. The van der Waals surface area contributed by atoms with Crippen molar-refractivity contribution in [3.05, 3.63) is 28.3 Å². The maximum absolute atomic E-state index is 11.8. The summed E-state index contributed by atoms with van der Waals surface area (Å²) in [5.41, 5.74) is -2.15. The van der Waals surface area contributed by atoms with Gasteiger partial charge in [-0.25, -0.2) is 0 Å². The van der Waals surface area contributed by atoms with E-state index in [1.807, 2.05) is 0 Å². The molecule has 1 aromatic carbocycles. The number of carbonyl (C=O) groups excluding carboxylic acids is 2. The molecule has 0 spiro atoms. The molecule has 0 amide bonds. The van der Waals surface area contributed by atoms with Gasteiger partial charge >= 0.3 is 59.1 Å². The molecule has 0 aliphatic heterocycles. The van der Waals surface area contributed by atoms with Gasteiger partial charge in [0.25, 0.3) is 10.1 Å². The first kappa shape index (κ1) is 28.2. The average molecular weight is 406 g/mol. The molecule has 12 heteroatoms. The van der Waals surface area contributed by atoms with Crippen LogP contribution in [0.1, 0.15) is 44.7 Å². The van der Waals surface area contributed by atoms with Gasteiger partial charge in [0.1, 0.15) is 4.90 Å². The second-order valence-corrected chi connectivity index (χ2v) is 6.32. The smallest absolute Gasteiger partial charge is 0.545 e. The predicted molar refractivity (Wildman–Crippen MR) is 75.7 cm³/mol. The van der Waals surface area contributed by atoms with Crippen LogP contribution in [0.5, 0.6) is 0 Å². The summed E-state index contributed by atoms with van der Waals surface area (Å²) in [6.07, 6.45) is -0.525. The molecule has 0 aromatic heterocycles. The Kier molecular flexibility index (Phi) is 13.5. The summed E-state index contributed by atoms with van der Waals surface area (Å²) in [6.45, 7) is -0.767. The first-order valence-electron chi connectivity index (χ1n) is 6.95. The summed E-state index contributed by atoms with van der Waals surface area (Å²) in [4.78, 5) is 21.7.